The summed E-state index contributed by atoms with van der Waals surface area (Å²) in [7, 11) is 1.53. The number of anilines is 1. The van der Waals surface area contributed by atoms with Crippen LogP contribution in [0.5, 0.6) is 5.75 Å². The number of hydrogen-bond acceptors (Lipinski definition) is 6. The minimum Gasteiger partial charge on any atom is -0.491 e. The molecule has 7 nitrogen and oxygen atoms in total. The maximum atomic E-state index is 12.0. The lowest BCUT2D eigenvalue weighted by atomic mass is 10.3. The van der Waals surface area contributed by atoms with E-state index in [0.717, 1.165) is 17.5 Å². The average molecular weight is 363 g/mol. The summed E-state index contributed by atoms with van der Waals surface area (Å²) < 4.78 is 10.5. The Balaban J connectivity index is 1.89. The van der Waals surface area contributed by atoms with Crippen molar-refractivity contribution in [2.45, 2.75) is 31.7 Å². The molecular formula is C17H21N3O4S. The molecule has 0 aliphatic rings. The van der Waals surface area contributed by atoms with E-state index in [1.165, 1.54) is 13.2 Å². The van der Waals surface area contributed by atoms with Crippen LogP contribution in [-0.4, -0.2) is 34.8 Å². The van der Waals surface area contributed by atoms with E-state index in [1.807, 2.05) is 13.8 Å². The molecule has 8 heteroatoms. The number of amides is 1. The molecule has 2 aromatic rings. The van der Waals surface area contributed by atoms with Crippen molar-refractivity contribution in [3.05, 3.63) is 46.4 Å². The lowest BCUT2D eigenvalue weighted by Gasteiger charge is -2.10. The van der Waals surface area contributed by atoms with Gasteiger partial charge in [0.1, 0.15) is 5.75 Å². The smallest absolute Gasteiger partial charge is 0.251 e. The Morgan fingerprint density at radius 3 is 2.68 bits per heavy atom. The number of nitrogens with zero attached hydrogens (tertiary/aromatic N) is 1. The van der Waals surface area contributed by atoms with Crippen LogP contribution < -0.4 is 15.6 Å². The van der Waals surface area contributed by atoms with Crippen molar-refractivity contribution in [1.29, 1.82) is 0 Å². The van der Waals surface area contributed by atoms with E-state index in [4.69, 9.17) is 9.47 Å². The van der Waals surface area contributed by atoms with Crippen molar-refractivity contribution in [3.63, 3.8) is 0 Å². The topological polar surface area (TPSA) is 93.3 Å². The van der Waals surface area contributed by atoms with Crippen molar-refractivity contribution in [3.8, 4) is 5.75 Å². The Morgan fingerprint density at radius 1 is 1.32 bits per heavy atom. The number of ether oxygens (including phenoxy) is 2. The summed E-state index contributed by atoms with van der Waals surface area (Å²) in [5, 5.41) is 3.17. The molecule has 0 spiro atoms. The lowest BCUT2D eigenvalue weighted by molar-refractivity contribution is -0.113. The summed E-state index contributed by atoms with van der Waals surface area (Å²) in [6.45, 7) is 4.15. The number of thioether (sulfide) groups is 1. The number of rotatable bonds is 8. The van der Waals surface area contributed by atoms with E-state index < -0.39 is 0 Å². The maximum Gasteiger partial charge on any atom is 0.251 e. The SMILES string of the molecule is COCc1cc(=O)[nH]c(SCC(=O)Nc2ccc(OC(C)C)cc2)n1. The van der Waals surface area contributed by atoms with Gasteiger partial charge in [-0.25, -0.2) is 4.98 Å². The zero-order valence-corrected chi connectivity index (χ0v) is 15.2. The molecule has 1 amide bonds. The highest BCUT2D eigenvalue weighted by Crippen LogP contribution is 2.18. The van der Waals surface area contributed by atoms with E-state index in [1.54, 1.807) is 24.3 Å². The van der Waals surface area contributed by atoms with Crippen molar-refractivity contribution in [2.75, 3.05) is 18.2 Å². The Hall–Kier alpha value is -2.32. The van der Waals surface area contributed by atoms with E-state index >= 15 is 0 Å². The van der Waals surface area contributed by atoms with Crippen molar-refractivity contribution in [2.24, 2.45) is 0 Å². The third-order valence-electron chi connectivity index (χ3n) is 2.92. The van der Waals surface area contributed by atoms with E-state index in [-0.39, 0.29) is 29.9 Å². The van der Waals surface area contributed by atoms with Crippen LogP contribution in [0.3, 0.4) is 0 Å². The first-order chi connectivity index (χ1) is 12.0. The number of aromatic amines is 1. The molecule has 0 fully saturated rings. The highest BCUT2D eigenvalue weighted by Gasteiger charge is 2.07. The third kappa shape index (κ3) is 6.60. The fourth-order valence-electron chi connectivity index (χ4n) is 1.99. The maximum absolute atomic E-state index is 12.0. The normalized spacial score (nSPS) is 10.7. The summed E-state index contributed by atoms with van der Waals surface area (Å²) in [6, 6.07) is 8.53. The van der Waals surface area contributed by atoms with E-state index in [2.05, 4.69) is 15.3 Å². The van der Waals surface area contributed by atoms with Gasteiger partial charge >= 0.3 is 0 Å². The monoisotopic (exact) mass is 363 g/mol. The van der Waals surface area contributed by atoms with Crippen molar-refractivity contribution in [1.82, 2.24) is 9.97 Å². The molecule has 0 atom stereocenters. The molecule has 1 aromatic carbocycles. The van der Waals surface area contributed by atoms with E-state index in [0.29, 0.717) is 16.5 Å². The van der Waals surface area contributed by atoms with Crippen LogP contribution >= 0.6 is 11.8 Å². The molecule has 1 aromatic heterocycles. The average Bonchev–Trinajstić information content (AvgIpc) is 2.54. The van der Waals surface area contributed by atoms with Gasteiger partial charge in [-0.15, -0.1) is 0 Å². The molecule has 2 rings (SSSR count). The van der Waals surface area contributed by atoms with Crippen molar-refractivity contribution < 1.29 is 14.3 Å². The highest BCUT2D eigenvalue weighted by molar-refractivity contribution is 7.99. The number of hydrogen-bond donors (Lipinski definition) is 2. The van der Waals surface area contributed by atoms with Gasteiger partial charge in [0.2, 0.25) is 5.91 Å². The fourth-order valence-corrected chi connectivity index (χ4v) is 2.69. The third-order valence-corrected chi connectivity index (χ3v) is 3.79. The summed E-state index contributed by atoms with van der Waals surface area (Å²) in [5.74, 6) is 0.685. The molecule has 2 N–H and O–H groups in total. The molecule has 0 bridgehead atoms. The second-order valence-electron chi connectivity index (χ2n) is 5.50. The first kappa shape index (κ1) is 19.0. The number of methoxy groups -OCH3 is 1. The van der Waals surface area contributed by atoms with Gasteiger partial charge in [-0.05, 0) is 38.1 Å². The highest BCUT2D eigenvalue weighted by atomic mass is 32.2. The second-order valence-corrected chi connectivity index (χ2v) is 6.47. The Morgan fingerprint density at radius 2 is 2.04 bits per heavy atom. The van der Waals surface area contributed by atoms with Crippen LogP contribution in [-0.2, 0) is 16.1 Å². The van der Waals surface area contributed by atoms with Gasteiger partial charge < -0.3 is 19.8 Å². The fraction of sp³-hybridized carbons (Fsp3) is 0.353. The molecule has 25 heavy (non-hydrogen) atoms. The predicted molar refractivity (Wildman–Crippen MR) is 97.1 cm³/mol. The standard InChI is InChI=1S/C17H21N3O4S/c1-11(2)24-14-6-4-12(5-7-14)18-16(22)10-25-17-19-13(9-23-3)8-15(21)20-17/h4-8,11H,9-10H2,1-3H3,(H,18,22)(H,19,20,21). The lowest BCUT2D eigenvalue weighted by Crippen LogP contribution is -2.16. The number of benzene rings is 1. The van der Waals surface area contributed by atoms with Crippen LogP contribution in [0, 0.1) is 0 Å². The van der Waals surface area contributed by atoms with Crippen LogP contribution in [0.2, 0.25) is 0 Å². The molecule has 0 radical (unpaired) electrons. The van der Waals surface area contributed by atoms with Gasteiger partial charge in [0.05, 0.1) is 24.2 Å². The number of aromatic nitrogens is 2. The molecule has 1 heterocycles. The molecule has 134 valence electrons. The van der Waals surface area contributed by atoms with Gasteiger partial charge in [0.15, 0.2) is 5.16 Å². The molecular weight excluding hydrogens is 342 g/mol. The van der Waals surface area contributed by atoms with E-state index in [9.17, 15) is 9.59 Å². The summed E-state index contributed by atoms with van der Waals surface area (Å²) in [4.78, 5) is 30.4. The number of carbonyl (C=O) groups is 1. The largest absolute Gasteiger partial charge is 0.491 e. The molecule has 0 unspecified atom stereocenters. The second kappa shape index (κ2) is 9.24. The summed E-state index contributed by atoms with van der Waals surface area (Å²) in [6.07, 6.45) is 0.0976. The zero-order valence-electron chi connectivity index (χ0n) is 14.4. The molecule has 0 saturated carbocycles. The van der Waals surface area contributed by atoms with Crippen LogP contribution in [0.15, 0.2) is 40.3 Å². The summed E-state index contributed by atoms with van der Waals surface area (Å²) >= 11 is 1.15. The molecule has 0 aliphatic heterocycles. The first-order valence-corrected chi connectivity index (χ1v) is 8.73. The Kier molecular flexibility index (Phi) is 7.03. The Labute approximate surface area is 150 Å². The quantitative estimate of drug-likeness (QED) is 0.553. The number of nitrogens with one attached hydrogen (secondary N) is 2. The van der Waals surface area contributed by atoms with Gasteiger partial charge in [0.25, 0.3) is 5.56 Å². The minimum atomic E-state index is -0.273. The van der Waals surface area contributed by atoms with Gasteiger partial charge in [-0.3, -0.25) is 9.59 Å². The predicted octanol–water partition coefficient (Wildman–Crippen LogP) is 2.43. The number of carbonyl (C=O) groups excluding carboxylic acids is 1. The van der Waals surface area contributed by atoms with Crippen LogP contribution in [0.1, 0.15) is 19.5 Å². The molecule has 0 aliphatic carbocycles. The van der Waals surface area contributed by atoms with Crippen LogP contribution in [0.25, 0.3) is 0 Å². The molecule has 0 saturated heterocycles. The van der Waals surface area contributed by atoms with Gasteiger partial charge in [-0.2, -0.15) is 0 Å². The van der Waals surface area contributed by atoms with Gasteiger partial charge in [0, 0.05) is 18.9 Å². The first-order valence-electron chi connectivity index (χ1n) is 7.75. The Bertz CT molecular complexity index is 759. The van der Waals surface area contributed by atoms with Crippen LogP contribution in [0.4, 0.5) is 5.69 Å². The zero-order chi connectivity index (χ0) is 18.2. The number of H-pyrrole nitrogens is 1. The van der Waals surface area contributed by atoms with Crippen molar-refractivity contribution >= 4 is 23.4 Å². The van der Waals surface area contributed by atoms with Gasteiger partial charge in [-0.1, -0.05) is 11.8 Å². The summed E-state index contributed by atoms with van der Waals surface area (Å²) in [5.41, 5.74) is 0.928. The minimum absolute atomic E-state index is 0.0976.